The largest absolute Gasteiger partial charge is 0.387 e. The van der Waals surface area contributed by atoms with Crippen LogP contribution in [0, 0.1) is 0 Å². The van der Waals surface area contributed by atoms with Gasteiger partial charge in [0.2, 0.25) is 0 Å². The molecule has 1 heterocycles. The van der Waals surface area contributed by atoms with Gasteiger partial charge in [-0.05, 0) is 34.4 Å². The molecule has 0 bridgehead atoms. The van der Waals surface area contributed by atoms with E-state index >= 15 is 0 Å². The monoisotopic (exact) mass is 338 g/mol. The van der Waals surface area contributed by atoms with Crippen LogP contribution in [0.2, 0.25) is 5.02 Å². The summed E-state index contributed by atoms with van der Waals surface area (Å²) in [6.45, 7) is 2.72. The molecule has 1 aromatic heterocycles. The van der Waals surface area contributed by atoms with Crippen LogP contribution in [0.3, 0.4) is 0 Å². The van der Waals surface area contributed by atoms with Crippen molar-refractivity contribution in [3.63, 3.8) is 0 Å². The number of carbonyl (C=O) groups excluding carboxylic acids is 1. The third kappa shape index (κ3) is 4.73. The molecule has 0 aliphatic carbocycles. The minimum absolute atomic E-state index is 0.113. The van der Waals surface area contributed by atoms with Gasteiger partial charge in [-0.3, -0.25) is 0 Å². The van der Waals surface area contributed by atoms with E-state index in [-0.39, 0.29) is 18.5 Å². The maximum Gasteiger partial charge on any atom is 0.314 e. The van der Waals surface area contributed by atoms with Crippen LogP contribution in [0.5, 0.6) is 0 Å². The summed E-state index contributed by atoms with van der Waals surface area (Å²) in [6.07, 6.45) is -0.825. The number of carbonyl (C=O) groups is 1. The van der Waals surface area contributed by atoms with Crippen molar-refractivity contribution in [1.82, 2.24) is 10.6 Å². The van der Waals surface area contributed by atoms with Gasteiger partial charge in [-0.1, -0.05) is 36.7 Å². The maximum atomic E-state index is 11.8. The van der Waals surface area contributed by atoms with E-state index in [1.807, 2.05) is 5.38 Å². The summed E-state index contributed by atoms with van der Waals surface area (Å²) in [5, 5.41) is 20.1. The standard InChI is InChI=1S/C16H19ClN2O2S/c1-11(12-6-7-22-10-12)8-18-16(21)19-9-15(20)13-4-2-3-5-14(13)17/h2-7,10-11,15,20H,8-9H2,1H3,(H2,18,19,21). The van der Waals surface area contributed by atoms with Gasteiger partial charge >= 0.3 is 6.03 Å². The number of benzene rings is 1. The van der Waals surface area contributed by atoms with E-state index in [2.05, 4.69) is 29.0 Å². The molecule has 118 valence electrons. The molecule has 1 aromatic carbocycles. The summed E-state index contributed by atoms with van der Waals surface area (Å²) in [4.78, 5) is 11.8. The first-order valence-electron chi connectivity index (χ1n) is 7.04. The van der Waals surface area contributed by atoms with Gasteiger partial charge in [-0.2, -0.15) is 11.3 Å². The lowest BCUT2D eigenvalue weighted by Gasteiger charge is -2.15. The molecule has 22 heavy (non-hydrogen) atoms. The van der Waals surface area contributed by atoms with E-state index in [1.54, 1.807) is 35.6 Å². The molecule has 2 aromatic rings. The van der Waals surface area contributed by atoms with E-state index < -0.39 is 6.10 Å². The molecule has 0 saturated carbocycles. The predicted octanol–water partition coefficient (Wildman–Crippen LogP) is 3.54. The van der Waals surface area contributed by atoms with Crippen LogP contribution >= 0.6 is 22.9 Å². The van der Waals surface area contributed by atoms with Crippen LogP contribution in [0.1, 0.15) is 30.1 Å². The zero-order chi connectivity index (χ0) is 15.9. The van der Waals surface area contributed by atoms with Crippen LogP contribution in [-0.4, -0.2) is 24.2 Å². The molecule has 0 spiro atoms. The Balaban J connectivity index is 1.75. The summed E-state index contributed by atoms with van der Waals surface area (Å²) in [6, 6.07) is 8.80. The van der Waals surface area contributed by atoms with Crippen molar-refractivity contribution >= 4 is 29.0 Å². The number of rotatable bonds is 6. The Labute approximate surface area is 139 Å². The van der Waals surface area contributed by atoms with Gasteiger partial charge in [0.25, 0.3) is 0 Å². The average molecular weight is 339 g/mol. The van der Waals surface area contributed by atoms with E-state index in [0.29, 0.717) is 17.1 Å². The molecule has 6 heteroatoms. The van der Waals surface area contributed by atoms with Crippen molar-refractivity contribution < 1.29 is 9.90 Å². The van der Waals surface area contributed by atoms with Crippen molar-refractivity contribution in [3.8, 4) is 0 Å². The molecule has 4 nitrogen and oxygen atoms in total. The van der Waals surface area contributed by atoms with Crippen molar-refractivity contribution in [2.75, 3.05) is 13.1 Å². The lowest BCUT2D eigenvalue weighted by Crippen LogP contribution is -2.39. The minimum Gasteiger partial charge on any atom is -0.387 e. The van der Waals surface area contributed by atoms with Crippen LogP contribution in [0.15, 0.2) is 41.1 Å². The number of aliphatic hydroxyl groups excluding tert-OH is 1. The third-order valence-electron chi connectivity index (χ3n) is 3.40. The molecule has 2 amide bonds. The Bertz CT molecular complexity index is 604. The van der Waals surface area contributed by atoms with Crippen LogP contribution in [0.25, 0.3) is 0 Å². The zero-order valence-corrected chi connectivity index (χ0v) is 13.8. The van der Waals surface area contributed by atoms with Gasteiger partial charge in [-0.15, -0.1) is 0 Å². The highest BCUT2D eigenvalue weighted by Crippen LogP contribution is 2.21. The fourth-order valence-electron chi connectivity index (χ4n) is 2.03. The molecular formula is C16H19ClN2O2S. The minimum atomic E-state index is -0.825. The van der Waals surface area contributed by atoms with Crippen molar-refractivity contribution in [1.29, 1.82) is 0 Å². The summed E-state index contributed by atoms with van der Waals surface area (Å²) >= 11 is 7.65. The first-order chi connectivity index (χ1) is 10.6. The first-order valence-corrected chi connectivity index (χ1v) is 8.36. The van der Waals surface area contributed by atoms with Crippen LogP contribution in [-0.2, 0) is 0 Å². The maximum absolute atomic E-state index is 11.8. The lowest BCUT2D eigenvalue weighted by molar-refractivity contribution is 0.173. The lowest BCUT2D eigenvalue weighted by atomic mass is 10.1. The van der Waals surface area contributed by atoms with Crippen LogP contribution < -0.4 is 10.6 Å². The molecule has 0 aliphatic rings. The molecule has 0 saturated heterocycles. The molecular weight excluding hydrogens is 320 g/mol. The van der Waals surface area contributed by atoms with Gasteiger partial charge in [0, 0.05) is 23.7 Å². The van der Waals surface area contributed by atoms with Gasteiger partial charge in [0.05, 0.1) is 6.10 Å². The first kappa shape index (κ1) is 16.8. The number of nitrogens with one attached hydrogen (secondary N) is 2. The Morgan fingerprint density at radius 2 is 2.00 bits per heavy atom. The second-order valence-corrected chi connectivity index (χ2v) is 6.27. The normalized spacial score (nSPS) is 13.4. The molecule has 0 aliphatic heterocycles. The predicted molar refractivity (Wildman–Crippen MR) is 90.5 cm³/mol. The van der Waals surface area contributed by atoms with Gasteiger partial charge in [-0.25, -0.2) is 4.79 Å². The third-order valence-corrected chi connectivity index (χ3v) is 4.45. The number of thiophene rings is 1. The molecule has 0 radical (unpaired) electrons. The van der Waals surface area contributed by atoms with Gasteiger partial charge in [0.15, 0.2) is 0 Å². The Kier molecular flexibility index (Phi) is 6.24. The Morgan fingerprint density at radius 3 is 2.68 bits per heavy atom. The Hall–Kier alpha value is -1.56. The average Bonchev–Trinajstić information content (AvgIpc) is 3.05. The molecule has 3 N–H and O–H groups in total. The number of amides is 2. The highest BCUT2D eigenvalue weighted by molar-refractivity contribution is 7.07. The molecule has 0 fully saturated rings. The smallest absolute Gasteiger partial charge is 0.314 e. The van der Waals surface area contributed by atoms with Gasteiger partial charge in [0.1, 0.15) is 0 Å². The van der Waals surface area contributed by atoms with Crippen molar-refractivity contribution in [2.45, 2.75) is 18.9 Å². The highest BCUT2D eigenvalue weighted by Gasteiger charge is 2.13. The highest BCUT2D eigenvalue weighted by atomic mass is 35.5. The fourth-order valence-corrected chi connectivity index (χ4v) is 3.07. The number of urea groups is 1. The SMILES string of the molecule is CC(CNC(=O)NCC(O)c1ccccc1Cl)c1ccsc1. The van der Waals surface area contributed by atoms with E-state index in [1.165, 1.54) is 5.56 Å². The number of hydrogen-bond acceptors (Lipinski definition) is 3. The molecule has 2 rings (SSSR count). The van der Waals surface area contributed by atoms with Crippen LogP contribution in [0.4, 0.5) is 4.79 Å². The van der Waals surface area contributed by atoms with E-state index in [4.69, 9.17) is 11.6 Å². The second kappa shape index (κ2) is 8.17. The number of aliphatic hydroxyl groups is 1. The molecule has 2 unspecified atom stereocenters. The molecule has 2 atom stereocenters. The fraction of sp³-hybridized carbons (Fsp3) is 0.312. The van der Waals surface area contributed by atoms with Crippen molar-refractivity contribution in [3.05, 3.63) is 57.2 Å². The second-order valence-electron chi connectivity index (χ2n) is 5.09. The van der Waals surface area contributed by atoms with Crippen molar-refractivity contribution in [2.24, 2.45) is 0 Å². The van der Waals surface area contributed by atoms with E-state index in [0.717, 1.165) is 0 Å². The summed E-state index contributed by atoms with van der Waals surface area (Å²) < 4.78 is 0. The topological polar surface area (TPSA) is 61.4 Å². The van der Waals surface area contributed by atoms with E-state index in [9.17, 15) is 9.90 Å². The number of hydrogen-bond donors (Lipinski definition) is 3. The summed E-state index contributed by atoms with van der Waals surface area (Å²) in [5.74, 6) is 0.255. The zero-order valence-electron chi connectivity index (χ0n) is 12.3. The van der Waals surface area contributed by atoms with Gasteiger partial charge < -0.3 is 15.7 Å². The Morgan fingerprint density at radius 1 is 1.27 bits per heavy atom. The number of halogens is 1. The summed E-state index contributed by atoms with van der Waals surface area (Å²) in [7, 11) is 0. The summed E-state index contributed by atoms with van der Waals surface area (Å²) in [5.41, 5.74) is 1.82. The quantitative estimate of drug-likeness (QED) is 0.754.